The molecule has 6 heteroatoms. The molecule has 1 heterocycles. The number of rotatable bonds is 6. The van der Waals surface area contributed by atoms with Gasteiger partial charge in [0, 0.05) is 17.6 Å². The molecule has 2 N–H and O–H groups in total. The Bertz CT molecular complexity index is 807. The van der Waals surface area contributed by atoms with Crippen LogP contribution in [0.4, 0.5) is 0 Å². The van der Waals surface area contributed by atoms with Gasteiger partial charge in [0.25, 0.3) is 0 Å². The van der Waals surface area contributed by atoms with Crippen LogP contribution in [-0.2, 0) is 9.59 Å². The molecule has 2 aromatic rings. The van der Waals surface area contributed by atoms with Crippen LogP contribution in [0.1, 0.15) is 43.0 Å². The van der Waals surface area contributed by atoms with Crippen molar-refractivity contribution in [2.75, 3.05) is 12.9 Å². The van der Waals surface area contributed by atoms with Crippen molar-refractivity contribution in [1.29, 1.82) is 0 Å². The first-order chi connectivity index (χ1) is 13.1. The van der Waals surface area contributed by atoms with Crippen LogP contribution in [0.2, 0.25) is 0 Å². The summed E-state index contributed by atoms with van der Waals surface area (Å²) in [6, 6.07) is 15.2. The maximum absolute atomic E-state index is 12.7. The van der Waals surface area contributed by atoms with E-state index in [0.29, 0.717) is 0 Å². The lowest BCUT2D eigenvalue weighted by Gasteiger charge is -2.27. The molecule has 3 rings (SSSR count). The van der Waals surface area contributed by atoms with Crippen molar-refractivity contribution >= 4 is 23.6 Å². The minimum absolute atomic E-state index is 0.0174. The van der Waals surface area contributed by atoms with Crippen molar-refractivity contribution in [1.82, 2.24) is 10.6 Å². The van der Waals surface area contributed by atoms with Gasteiger partial charge in [0.05, 0.1) is 25.6 Å². The molecule has 2 aromatic carbocycles. The summed E-state index contributed by atoms with van der Waals surface area (Å²) in [5, 5.41) is 6.02. The van der Waals surface area contributed by atoms with Crippen LogP contribution in [0, 0.1) is 0 Å². The normalized spacial score (nSPS) is 16.7. The molecule has 2 amide bonds. The first-order valence-corrected chi connectivity index (χ1v) is 9.97. The molecule has 142 valence electrons. The summed E-state index contributed by atoms with van der Waals surface area (Å²) in [4.78, 5) is 25.6. The number of nitrogens with one attached hydrogen (secondary N) is 2. The summed E-state index contributed by atoms with van der Waals surface area (Å²) in [7, 11) is 1.61. The number of hydrogen-bond donors (Lipinski definition) is 2. The van der Waals surface area contributed by atoms with Crippen molar-refractivity contribution in [3.8, 4) is 5.75 Å². The predicted octanol–water partition coefficient (Wildman–Crippen LogP) is 3.62. The first kappa shape index (κ1) is 19.3. The highest BCUT2D eigenvalue weighted by atomic mass is 32.2. The Kier molecular flexibility index (Phi) is 6.40. The lowest BCUT2D eigenvalue weighted by atomic mass is 10.0. The van der Waals surface area contributed by atoms with Gasteiger partial charge in [-0.15, -0.1) is 11.8 Å². The van der Waals surface area contributed by atoms with E-state index < -0.39 is 0 Å². The summed E-state index contributed by atoms with van der Waals surface area (Å²) in [5.74, 6) is 1.48. The molecule has 0 unspecified atom stereocenters. The fourth-order valence-corrected chi connectivity index (χ4v) is 4.39. The second-order valence-corrected chi connectivity index (χ2v) is 7.66. The summed E-state index contributed by atoms with van der Waals surface area (Å²) in [6.45, 7) is 1.46. The smallest absolute Gasteiger partial charge is 0.222 e. The van der Waals surface area contributed by atoms with Gasteiger partial charge in [-0.1, -0.05) is 30.3 Å². The van der Waals surface area contributed by atoms with Crippen LogP contribution in [0.15, 0.2) is 53.4 Å². The third-order valence-corrected chi connectivity index (χ3v) is 5.70. The topological polar surface area (TPSA) is 67.4 Å². The van der Waals surface area contributed by atoms with Crippen LogP contribution < -0.4 is 15.4 Å². The summed E-state index contributed by atoms with van der Waals surface area (Å²) in [5.41, 5.74) is 2.04. The molecule has 27 heavy (non-hydrogen) atoms. The maximum Gasteiger partial charge on any atom is 0.222 e. The Morgan fingerprint density at radius 2 is 1.93 bits per heavy atom. The molecule has 0 aliphatic carbocycles. The van der Waals surface area contributed by atoms with Gasteiger partial charge < -0.3 is 15.4 Å². The molecule has 1 aliphatic rings. The molecule has 1 aliphatic heterocycles. The Labute approximate surface area is 163 Å². The van der Waals surface area contributed by atoms with E-state index in [1.165, 1.54) is 17.4 Å². The van der Waals surface area contributed by atoms with Gasteiger partial charge in [-0.2, -0.15) is 0 Å². The number of thioether (sulfide) groups is 1. The molecular formula is C21H24N2O3S. The number of benzene rings is 2. The molecule has 0 bridgehead atoms. The van der Waals surface area contributed by atoms with E-state index in [0.717, 1.165) is 23.5 Å². The number of methoxy groups -OCH3 is 1. The lowest BCUT2D eigenvalue weighted by Crippen LogP contribution is -2.35. The van der Waals surface area contributed by atoms with Gasteiger partial charge in [-0.3, -0.25) is 9.59 Å². The average Bonchev–Trinajstić information content (AvgIpc) is 2.67. The molecule has 0 spiro atoms. The van der Waals surface area contributed by atoms with Crippen LogP contribution >= 0.6 is 11.8 Å². The molecule has 0 saturated carbocycles. The molecule has 0 aromatic heterocycles. The predicted molar refractivity (Wildman–Crippen MR) is 107 cm³/mol. The standard InChI is InChI=1S/C21H24N2O3S/c1-14(24)22-19(15-7-9-16(26-2)10-8-15)13-21(25)23-18-11-12-27-20-6-4-3-5-17(18)20/h3-10,18-19H,11-13H2,1-2H3,(H,22,24)(H,23,25)/t18-,19+/m0/s1. The summed E-state index contributed by atoms with van der Waals surface area (Å²) >= 11 is 1.82. The zero-order chi connectivity index (χ0) is 19.2. The Morgan fingerprint density at radius 3 is 2.63 bits per heavy atom. The zero-order valence-electron chi connectivity index (χ0n) is 15.5. The van der Waals surface area contributed by atoms with Crippen LogP contribution in [-0.4, -0.2) is 24.7 Å². The number of fused-ring (bicyclic) bond motifs is 1. The highest BCUT2D eigenvalue weighted by molar-refractivity contribution is 7.99. The third kappa shape index (κ3) is 5.04. The van der Waals surface area contributed by atoms with Crippen molar-refractivity contribution in [3.05, 3.63) is 59.7 Å². The summed E-state index contributed by atoms with van der Waals surface area (Å²) in [6.07, 6.45) is 1.10. The number of carbonyl (C=O) groups is 2. The third-order valence-electron chi connectivity index (χ3n) is 4.58. The number of amides is 2. The van der Waals surface area contributed by atoms with Crippen molar-refractivity contribution in [2.45, 2.75) is 36.7 Å². The van der Waals surface area contributed by atoms with Crippen molar-refractivity contribution < 1.29 is 14.3 Å². The first-order valence-electron chi connectivity index (χ1n) is 8.99. The maximum atomic E-state index is 12.7. The Hall–Kier alpha value is -2.47. The van der Waals surface area contributed by atoms with E-state index in [1.807, 2.05) is 48.2 Å². The molecular weight excluding hydrogens is 360 g/mol. The van der Waals surface area contributed by atoms with Gasteiger partial charge >= 0.3 is 0 Å². The van der Waals surface area contributed by atoms with E-state index in [2.05, 4.69) is 22.8 Å². The van der Waals surface area contributed by atoms with Crippen molar-refractivity contribution in [2.24, 2.45) is 0 Å². The molecule has 5 nitrogen and oxygen atoms in total. The van der Waals surface area contributed by atoms with Gasteiger partial charge in [-0.05, 0) is 35.7 Å². The largest absolute Gasteiger partial charge is 0.497 e. The van der Waals surface area contributed by atoms with E-state index in [9.17, 15) is 9.59 Å². The minimum Gasteiger partial charge on any atom is -0.497 e. The fourth-order valence-electron chi connectivity index (χ4n) is 3.26. The second kappa shape index (κ2) is 8.95. The zero-order valence-corrected chi connectivity index (χ0v) is 16.3. The van der Waals surface area contributed by atoms with Gasteiger partial charge in [0.15, 0.2) is 0 Å². The number of hydrogen-bond acceptors (Lipinski definition) is 4. The van der Waals surface area contributed by atoms with Crippen LogP contribution in [0.3, 0.4) is 0 Å². The average molecular weight is 385 g/mol. The Morgan fingerprint density at radius 1 is 1.19 bits per heavy atom. The van der Waals surface area contributed by atoms with E-state index in [4.69, 9.17) is 4.74 Å². The highest BCUT2D eigenvalue weighted by Gasteiger charge is 2.24. The SMILES string of the molecule is COc1ccc([C@@H](CC(=O)N[C@H]2CCSc3ccccc32)NC(C)=O)cc1. The van der Waals surface area contributed by atoms with Crippen molar-refractivity contribution in [3.63, 3.8) is 0 Å². The van der Waals surface area contributed by atoms with Gasteiger partial charge in [0.1, 0.15) is 5.75 Å². The summed E-state index contributed by atoms with van der Waals surface area (Å²) < 4.78 is 5.18. The molecule has 0 radical (unpaired) electrons. The number of ether oxygens (including phenoxy) is 1. The van der Waals surface area contributed by atoms with Gasteiger partial charge in [0.2, 0.25) is 11.8 Å². The minimum atomic E-state index is -0.374. The van der Waals surface area contributed by atoms with E-state index in [-0.39, 0.29) is 30.3 Å². The fraction of sp³-hybridized carbons (Fsp3) is 0.333. The molecule has 2 atom stereocenters. The lowest BCUT2D eigenvalue weighted by molar-refractivity contribution is -0.123. The van der Waals surface area contributed by atoms with E-state index >= 15 is 0 Å². The number of carbonyl (C=O) groups excluding carboxylic acids is 2. The molecule has 0 saturated heterocycles. The van der Waals surface area contributed by atoms with Crippen LogP contribution in [0.5, 0.6) is 5.75 Å². The second-order valence-electron chi connectivity index (χ2n) is 6.53. The van der Waals surface area contributed by atoms with Gasteiger partial charge in [-0.25, -0.2) is 0 Å². The van der Waals surface area contributed by atoms with Crippen LogP contribution in [0.25, 0.3) is 0 Å². The quantitative estimate of drug-likeness (QED) is 0.798. The molecule has 0 fully saturated rings. The highest BCUT2D eigenvalue weighted by Crippen LogP contribution is 2.36. The Balaban J connectivity index is 1.70. The van der Waals surface area contributed by atoms with E-state index in [1.54, 1.807) is 7.11 Å². The monoisotopic (exact) mass is 384 g/mol.